The molecular weight excluding hydrogens is 182 g/mol. The summed E-state index contributed by atoms with van der Waals surface area (Å²) < 4.78 is 2.30. The second kappa shape index (κ2) is 7.44. The molecule has 1 heterocycles. The highest BCUT2D eigenvalue weighted by atomic mass is 14.9. The van der Waals surface area contributed by atoms with Gasteiger partial charge in [0.1, 0.15) is 6.54 Å². The summed E-state index contributed by atoms with van der Waals surface area (Å²) in [5.41, 5.74) is 1.46. The lowest BCUT2D eigenvalue weighted by atomic mass is 10.1. The molecule has 1 aromatic rings. The molecule has 0 aromatic carbocycles. The van der Waals surface area contributed by atoms with E-state index in [0.29, 0.717) is 0 Å². The quantitative estimate of drug-likeness (QED) is 0.475. The lowest BCUT2D eigenvalue weighted by Crippen LogP contribution is -2.32. The Labute approximate surface area is 94.1 Å². The van der Waals surface area contributed by atoms with Gasteiger partial charge in [0.2, 0.25) is 0 Å². The van der Waals surface area contributed by atoms with Crippen LogP contribution in [0, 0.1) is 0 Å². The molecular formula is C14H24N+. The SMILES string of the molecule is CCCCCC[n+]1ccc(CCC)cc1. The van der Waals surface area contributed by atoms with Crippen LogP contribution in [-0.2, 0) is 13.0 Å². The van der Waals surface area contributed by atoms with E-state index in [0.717, 1.165) is 0 Å². The van der Waals surface area contributed by atoms with E-state index in [1.54, 1.807) is 0 Å². The van der Waals surface area contributed by atoms with Crippen molar-refractivity contribution in [1.29, 1.82) is 0 Å². The Hall–Kier alpha value is -0.850. The lowest BCUT2D eigenvalue weighted by Gasteiger charge is -1.99. The van der Waals surface area contributed by atoms with Gasteiger partial charge in [-0.25, -0.2) is 4.57 Å². The molecule has 84 valence electrons. The summed E-state index contributed by atoms with van der Waals surface area (Å²) in [5.74, 6) is 0. The number of pyridine rings is 1. The highest BCUT2D eigenvalue weighted by Crippen LogP contribution is 2.01. The molecule has 0 unspecified atom stereocenters. The molecule has 0 spiro atoms. The summed E-state index contributed by atoms with van der Waals surface area (Å²) >= 11 is 0. The van der Waals surface area contributed by atoms with Crippen molar-refractivity contribution in [3.05, 3.63) is 30.1 Å². The second-order valence-corrected chi connectivity index (χ2v) is 4.25. The van der Waals surface area contributed by atoms with Gasteiger partial charge in [-0.15, -0.1) is 0 Å². The molecule has 0 fully saturated rings. The van der Waals surface area contributed by atoms with Gasteiger partial charge in [0.25, 0.3) is 0 Å². The van der Waals surface area contributed by atoms with Crippen molar-refractivity contribution >= 4 is 0 Å². The van der Waals surface area contributed by atoms with E-state index < -0.39 is 0 Å². The number of aromatic nitrogens is 1. The molecule has 0 aliphatic carbocycles. The third-order valence-electron chi connectivity index (χ3n) is 2.77. The summed E-state index contributed by atoms with van der Waals surface area (Å²) in [7, 11) is 0. The van der Waals surface area contributed by atoms with Crippen molar-refractivity contribution in [3.8, 4) is 0 Å². The number of rotatable bonds is 7. The maximum absolute atomic E-state index is 2.30. The zero-order valence-corrected chi connectivity index (χ0v) is 10.2. The van der Waals surface area contributed by atoms with Crippen molar-refractivity contribution in [1.82, 2.24) is 0 Å². The monoisotopic (exact) mass is 206 g/mol. The van der Waals surface area contributed by atoms with Crippen LogP contribution in [0.3, 0.4) is 0 Å². The highest BCUT2D eigenvalue weighted by molar-refractivity contribution is 5.06. The van der Waals surface area contributed by atoms with Crippen LogP contribution in [0.25, 0.3) is 0 Å². The minimum Gasteiger partial charge on any atom is -0.205 e. The van der Waals surface area contributed by atoms with Gasteiger partial charge in [0.15, 0.2) is 12.4 Å². The first-order valence-corrected chi connectivity index (χ1v) is 6.34. The van der Waals surface area contributed by atoms with Crippen LogP contribution in [-0.4, -0.2) is 0 Å². The largest absolute Gasteiger partial charge is 0.205 e. The third kappa shape index (κ3) is 4.96. The fraction of sp³-hybridized carbons (Fsp3) is 0.643. The van der Waals surface area contributed by atoms with Crippen LogP contribution in [0.15, 0.2) is 24.5 Å². The van der Waals surface area contributed by atoms with E-state index in [-0.39, 0.29) is 0 Å². The summed E-state index contributed by atoms with van der Waals surface area (Å²) in [6.07, 6.45) is 12.2. The van der Waals surface area contributed by atoms with Gasteiger partial charge < -0.3 is 0 Å². The van der Waals surface area contributed by atoms with Crippen LogP contribution in [0.1, 0.15) is 51.5 Å². The Balaban J connectivity index is 2.29. The molecule has 1 heteroatoms. The number of nitrogens with zero attached hydrogens (tertiary/aromatic N) is 1. The van der Waals surface area contributed by atoms with Crippen LogP contribution in [0.2, 0.25) is 0 Å². The summed E-state index contributed by atoms with van der Waals surface area (Å²) in [5, 5.41) is 0. The predicted molar refractivity (Wildman–Crippen MR) is 64.8 cm³/mol. The van der Waals surface area contributed by atoms with Gasteiger partial charge >= 0.3 is 0 Å². The fourth-order valence-electron chi connectivity index (χ4n) is 1.81. The Morgan fingerprint density at radius 1 is 0.933 bits per heavy atom. The molecule has 0 radical (unpaired) electrons. The van der Waals surface area contributed by atoms with Crippen LogP contribution in [0.5, 0.6) is 0 Å². The molecule has 1 nitrogen and oxygen atoms in total. The summed E-state index contributed by atoms with van der Waals surface area (Å²) in [4.78, 5) is 0. The Morgan fingerprint density at radius 2 is 1.67 bits per heavy atom. The fourth-order valence-corrected chi connectivity index (χ4v) is 1.81. The molecule has 1 aromatic heterocycles. The average molecular weight is 206 g/mol. The van der Waals surface area contributed by atoms with Gasteiger partial charge in [-0.2, -0.15) is 0 Å². The van der Waals surface area contributed by atoms with Gasteiger partial charge in [-0.3, -0.25) is 0 Å². The molecule has 15 heavy (non-hydrogen) atoms. The number of unbranched alkanes of at least 4 members (excludes halogenated alkanes) is 3. The number of aryl methyl sites for hydroxylation is 2. The summed E-state index contributed by atoms with van der Waals surface area (Å²) in [6.45, 7) is 5.66. The molecule has 0 bridgehead atoms. The minimum atomic E-state index is 1.17. The van der Waals surface area contributed by atoms with Gasteiger partial charge in [0, 0.05) is 18.6 Å². The second-order valence-electron chi connectivity index (χ2n) is 4.25. The van der Waals surface area contributed by atoms with Crippen molar-refractivity contribution in [2.75, 3.05) is 0 Å². The van der Waals surface area contributed by atoms with Gasteiger partial charge in [-0.05, 0) is 18.4 Å². The molecule has 0 aliphatic heterocycles. The van der Waals surface area contributed by atoms with E-state index in [9.17, 15) is 0 Å². The first-order valence-electron chi connectivity index (χ1n) is 6.34. The Kier molecular flexibility index (Phi) is 6.06. The van der Waals surface area contributed by atoms with Crippen LogP contribution >= 0.6 is 0 Å². The first-order chi connectivity index (χ1) is 7.36. The lowest BCUT2D eigenvalue weighted by molar-refractivity contribution is -0.697. The van der Waals surface area contributed by atoms with Crippen molar-refractivity contribution in [2.24, 2.45) is 0 Å². The standard InChI is InChI=1S/C14H24N/c1-3-5-6-7-11-15-12-9-14(8-4-2)10-13-15/h9-10,12-13H,3-8,11H2,1-2H3/q+1. The van der Waals surface area contributed by atoms with Gasteiger partial charge in [-0.1, -0.05) is 33.1 Å². The maximum atomic E-state index is 2.30. The van der Waals surface area contributed by atoms with Crippen molar-refractivity contribution in [2.45, 2.75) is 58.9 Å². The van der Waals surface area contributed by atoms with Crippen LogP contribution < -0.4 is 4.57 Å². The predicted octanol–water partition coefficient (Wildman–Crippen LogP) is 3.51. The van der Waals surface area contributed by atoms with E-state index in [4.69, 9.17) is 0 Å². The zero-order chi connectivity index (χ0) is 10.9. The molecule has 0 amide bonds. The molecule has 0 saturated heterocycles. The number of hydrogen-bond acceptors (Lipinski definition) is 0. The average Bonchev–Trinajstić information content (AvgIpc) is 2.27. The molecule has 0 saturated carbocycles. The van der Waals surface area contributed by atoms with Crippen molar-refractivity contribution < 1.29 is 4.57 Å². The van der Waals surface area contributed by atoms with Gasteiger partial charge in [0.05, 0.1) is 0 Å². The summed E-state index contributed by atoms with van der Waals surface area (Å²) in [6, 6.07) is 4.51. The molecule has 0 aliphatic rings. The topological polar surface area (TPSA) is 3.88 Å². The highest BCUT2D eigenvalue weighted by Gasteiger charge is 1.99. The zero-order valence-electron chi connectivity index (χ0n) is 10.2. The molecule has 1 rings (SSSR count). The van der Waals surface area contributed by atoms with E-state index in [1.165, 1.54) is 50.6 Å². The third-order valence-corrected chi connectivity index (χ3v) is 2.77. The Morgan fingerprint density at radius 3 is 2.27 bits per heavy atom. The maximum Gasteiger partial charge on any atom is 0.169 e. The molecule has 0 atom stereocenters. The molecule has 0 N–H and O–H groups in total. The smallest absolute Gasteiger partial charge is 0.169 e. The van der Waals surface area contributed by atoms with E-state index in [1.807, 2.05) is 0 Å². The normalized spacial score (nSPS) is 10.5. The Bertz CT molecular complexity index is 251. The minimum absolute atomic E-state index is 1.17. The van der Waals surface area contributed by atoms with E-state index >= 15 is 0 Å². The number of hydrogen-bond donors (Lipinski definition) is 0. The van der Waals surface area contributed by atoms with Crippen LogP contribution in [0.4, 0.5) is 0 Å². The first kappa shape index (κ1) is 12.2. The van der Waals surface area contributed by atoms with Crippen molar-refractivity contribution in [3.63, 3.8) is 0 Å². The van der Waals surface area contributed by atoms with E-state index in [2.05, 4.69) is 42.9 Å².